The first-order valence-electron chi connectivity index (χ1n) is 24.7. The predicted molar refractivity (Wildman–Crippen MR) is 288 cm³/mol. The number of carboxylic acids is 3. The van der Waals surface area contributed by atoms with Crippen LogP contribution in [0.3, 0.4) is 0 Å². The van der Waals surface area contributed by atoms with E-state index in [4.69, 9.17) is 15.3 Å². The summed E-state index contributed by atoms with van der Waals surface area (Å²) < 4.78 is 0. The van der Waals surface area contributed by atoms with Gasteiger partial charge in [-0.15, -0.1) is 0 Å². The summed E-state index contributed by atoms with van der Waals surface area (Å²) >= 11 is 0. The highest BCUT2D eigenvalue weighted by Crippen LogP contribution is 2.03. The summed E-state index contributed by atoms with van der Waals surface area (Å²) in [6, 6.07) is 0. The molecule has 0 radical (unpaired) electrons. The molecule has 0 atom stereocenters. The zero-order chi connectivity index (χ0) is 48.9. The lowest BCUT2D eigenvalue weighted by Gasteiger charge is -1.92. The van der Waals surface area contributed by atoms with Crippen LogP contribution in [-0.2, 0) is 14.4 Å². The normalized spacial score (nSPS) is 12.8. The van der Waals surface area contributed by atoms with Crippen molar-refractivity contribution < 1.29 is 29.7 Å². The fraction of sp³-hybridized carbons (Fsp3) is 0.450. The van der Waals surface area contributed by atoms with Gasteiger partial charge in [0.05, 0.1) is 0 Å². The lowest BCUT2D eigenvalue weighted by Crippen LogP contribution is -1.92. The summed E-state index contributed by atoms with van der Waals surface area (Å²) in [6.45, 7) is 6.43. The summed E-state index contributed by atoms with van der Waals surface area (Å²) in [5, 5.41) is 25.5. The van der Waals surface area contributed by atoms with Crippen LogP contribution in [0.25, 0.3) is 0 Å². The highest BCUT2D eigenvalue weighted by molar-refractivity contribution is 5.67. The van der Waals surface area contributed by atoms with Crippen LogP contribution < -0.4 is 0 Å². The molecular formula is C60H90O6. The SMILES string of the molecule is CC/C=C\C/C=C\C/C=C\C/C=C\C/C=C\C/C=C\CCC(=O)O.CC/C=C\C/C=C\C/C=C\C/C=C\C/C=C\CCCC(=O)O.CC/C=C\C/C=C\C/C=C\C/C=C\CCCCC(=O)O. The second kappa shape index (κ2) is 61.6. The number of hydrogen-bond donors (Lipinski definition) is 3. The smallest absolute Gasteiger partial charge is 0.303 e. The van der Waals surface area contributed by atoms with Crippen molar-refractivity contribution in [2.75, 3.05) is 0 Å². The molecule has 0 saturated carbocycles. The lowest BCUT2D eigenvalue weighted by atomic mass is 10.2. The molecule has 0 aliphatic heterocycles. The van der Waals surface area contributed by atoms with Crippen molar-refractivity contribution in [3.05, 3.63) is 182 Å². The second-order valence-electron chi connectivity index (χ2n) is 15.0. The lowest BCUT2D eigenvalue weighted by molar-refractivity contribution is -0.138. The Morgan fingerprint density at radius 2 is 0.439 bits per heavy atom. The van der Waals surface area contributed by atoms with Crippen LogP contribution in [0.15, 0.2) is 182 Å². The molecule has 0 bridgehead atoms. The molecule has 0 aromatic carbocycles. The van der Waals surface area contributed by atoms with Crippen molar-refractivity contribution in [1.82, 2.24) is 0 Å². The van der Waals surface area contributed by atoms with Crippen molar-refractivity contribution >= 4 is 17.9 Å². The van der Waals surface area contributed by atoms with Crippen molar-refractivity contribution in [3.63, 3.8) is 0 Å². The molecule has 0 rings (SSSR count). The van der Waals surface area contributed by atoms with Gasteiger partial charge in [-0.1, -0.05) is 203 Å². The van der Waals surface area contributed by atoms with E-state index in [2.05, 4.69) is 191 Å². The standard InChI is InChI=1S/C22H32O2.C20H30O2.C18H28O2/c1-2-3-4-5-6-7-8-9-10-11-12-13-14-15-16-17-18-19-20-21-22(23)24;1-2-3-4-5-6-7-8-9-10-11-12-13-14-15-16-17-18-19-20(21)22;1-2-3-4-5-6-7-8-9-10-11-12-13-14-15-16-17-18(19)20/h3-4,6-7,9-10,12-13,15-16,18-19H,2,5,8,11,14,17,20-21H2,1H3,(H,23,24);3-4,6-7,9-10,12-13,15-16H,2,5,8,11,14,17-19H2,1H3,(H,21,22);3-4,6-7,9-10,12-13H,2,5,8,11,14-17H2,1H3,(H,19,20)/b4-3-,7-6-,10-9-,13-12-,16-15-,19-18-;4-3-,7-6-,10-9-,13-12-,16-15-;4-3-,7-6-,10-9-,13-12-. The molecule has 3 N–H and O–H groups in total. The Labute approximate surface area is 403 Å². The van der Waals surface area contributed by atoms with Crippen molar-refractivity contribution in [3.8, 4) is 0 Å². The number of aliphatic carboxylic acids is 3. The average molecular weight is 907 g/mol. The van der Waals surface area contributed by atoms with E-state index in [0.29, 0.717) is 6.42 Å². The minimum absolute atomic E-state index is 0.210. The van der Waals surface area contributed by atoms with Crippen LogP contribution in [0.2, 0.25) is 0 Å². The summed E-state index contributed by atoms with van der Waals surface area (Å²) in [4.78, 5) is 30.9. The maximum Gasteiger partial charge on any atom is 0.303 e. The molecule has 0 fully saturated rings. The first-order chi connectivity index (χ1) is 32.3. The Balaban J connectivity index is -0.000000906. The number of hydrogen-bond acceptors (Lipinski definition) is 3. The molecule has 0 amide bonds. The van der Waals surface area contributed by atoms with Crippen molar-refractivity contribution in [2.45, 2.75) is 175 Å². The highest BCUT2D eigenvalue weighted by atomic mass is 16.4. The highest BCUT2D eigenvalue weighted by Gasteiger charge is 1.94. The number of allylic oxidation sites excluding steroid dienone is 30. The Bertz CT molecular complexity index is 1560. The Kier molecular flexibility index (Phi) is 60.5. The van der Waals surface area contributed by atoms with E-state index in [-0.39, 0.29) is 19.3 Å². The maximum absolute atomic E-state index is 10.3. The van der Waals surface area contributed by atoms with Gasteiger partial charge in [-0.05, 0) is 135 Å². The molecular weight excluding hydrogens is 817 g/mol. The van der Waals surface area contributed by atoms with E-state index in [1.807, 2.05) is 12.2 Å². The van der Waals surface area contributed by atoms with Crippen molar-refractivity contribution in [1.29, 1.82) is 0 Å². The van der Waals surface area contributed by atoms with Gasteiger partial charge in [-0.2, -0.15) is 0 Å². The van der Waals surface area contributed by atoms with Crippen LogP contribution >= 0.6 is 0 Å². The van der Waals surface area contributed by atoms with E-state index in [1.165, 1.54) is 0 Å². The summed E-state index contributed by atoms with van der Waals surface area (Å²) in [7, 11) is 0. The predicted octanol–water partition coefficient (Wildman–Crippen LogP) is 18.0. The number of unbranched alkanes of at least 4 members (excludes halogenated alkanes) is 3. The molecule has 66 heavy (non-hydrogen) atoms. The summed E-state index contributed by atoms with van der Waals surface area (Å²) in [5.74, 6) is -2.16. The maximum atomic E-state index is 10.3. The zero-order valence-corrected chi connectivity index (χ0v) is 41.4. The molecule has 366 valence electrons. The first kappa shape index (κ1) is 64.8. The monoisotopic (exact) mass is 907 g/mol. The van der Waals surface area contributed by atoms with E-state index in [1.54, 1.807) is 0 Å². The van der Waals surface area contributed by atoms with Gasteiger partial charge in [0.25, 0.3) is 0 Å². The number of rotatable bonds is 39. The first-order valence-corrected chi connectivity index (χ1v) is 24.7. The molecule has 6 nitrogen and oxygen atoms in total. The molecule has 0 aliphatic carbocycles. The van der Waals surface area contributed by atoms with Crippen LogP contribution in [0.4, 0.5) is 0 Å². The molecule has 0 aromatic heterocycles. The second-order valence-corrected chi connectivity index (χ2v) is 15.0. The molecule has 0 heterocycles. The minimum atomic E-state index is -0.741. The Morgan fingerprint density at radius 3 is 0.682 bits per heavy atom. The molecule has 0 saturated heterocycles. The third-order valence-corrected chi connectivity index (χ3v) is 8.77. The third kappa shape index (κ3) is 72.9. The van der Waals surface area contributed by atoms with Crippen LogP contribution in [0, 0.1) is 0 Å². The van der Waals surface area contributed by atoms with E-state index >= 15 is 0 Å². The number of carboxylic acid groups (broad SMARTS) is 3. The fourth-order valence-electron chi connectivity index (χ4n) is 5.22. The van der Waals surface area contributed by atoms with Gasteiger partial charge in [0.2, 0.25) is 0 Å². The van der Waals surface area contributed by atoms with Crippen LogP contribution in [0.5, 0.6) is 0 Å². The van der Waals surface area contributed by atoms with Crippen LogP contribution in [0.1, 0.15) is 175 Å². The Morgan fingerprint density at radius 1 is 0.242 bits per heavy atom. The van der Waals surface area contributed by atoms with E-state index in [0.717, 1.165) is 128 Å². The summed E-state index contributed by atoms with van der Waals surface area (Å²) in [5.41, 5.74) is 0. The molecule has 0 spiro atoms. The molecule has 6 heteroatoms. The Hall–Kier alpha value is -5.49. The van der Waals surface area contributed by atoms with E-state index < -0.39 is 17.9 Å². The third-order valence-electron chi connectivity index (χ3n) is 8.77. The quantitative estimate of drug-likeness (QED) is 0.0418. The fourth-order valence-corrected chi connectivity index (χ4v) is 5.22. The molecule has 0 unspecified atom stereocenters. The molecule has 0 aromatic rings. The van der Waals surface area contributed by atoms with Gasteiger partial charge in [0.1, 0.15) is 0 Å². The van der Waals surface area contributed by atoms with E-state index in [9.17, 15) is 14.4 Å². The van der Waals surface area contributed by atoms with Gasteiger partial charge < -0.3 is 15.3 Å². The number of carbonyl (C=O) groups is 3. The topological polar surface area (TPSA) is 112 Å². The zero-order valence-electron chi connectivity index (χ0n) is 41.4. The van der Waals surface area contributed by atoms with Gasteiger partial charge >= 0.3 is 17.9 Å². The largest absolute Gasteiger partial charge is 0.481 e. The summed E-state index contributed by atoms with van der Waals surface area (Å²) in [6.07, 6.45) is 85.3. The van der Waals surface area contributed by atoms with Gasteiger partial charge in [0.15, 0.2) is 0 Å². The average Bonchev–Trinajstić information content (AvgIpc) is 3.29. The van der Waals surface area contributed by atoms with Crippen LogP contribution in [-0.4, -0.2) is 33.2 Å². The van der Waals surface area contributed by atoms with Crippen molar-refractivity contribution in [2.24, 2.45) is 0 Å². The van der Waals surface area contributed by atoms with Gasteiger partial charge in [-0.25, -0.2) is 0 Å². The minimum Gasteiger partial charge on any atom is -0.481 e. The van der Waals surface area contributed by atoms with Gasteiger partial charge in [-0.3, -0.25) is 14.4 Å². The van der Waals surface area contributed by atoms with Gasteiger partial charge in [0, 0.05) is 19.3 Å². The molecule has 0 aliphatic rings.